The molecule has 0 aromatic heterocycles. The number of fused-ring (bicyclic) bond motifs is 1. The van der Waals surface area contributed by atoms with Crippen molar-refractivity contribution in [1.82, 2.24) is 0 Å². The Labute approximate surface area is 131 Å². The van der Waals surface area contributed by atoms with Gasteiger partial charge in [0.25, 0.3) is 0 Å². The van der Waals surface area contributed by atoms with E-state index in [1.54, 1.807) is 24.3 Å². The van der Waals surface area contributed by atoms with Gasteiger partial charge in [-0.15, -0.1) is 0 Å². The van der Waals surface area contributed by atoms with Crippen LogP contribution < -0.4 is 9.47 Å². The van der Waals surface area contributed by atoms with Crippen molar-refractivity contribution in [2.24, 2.45) is 0 Å². The van der Waals surface area contributed by atoms with Crippen LogP contribution in [0.1, 0.15) is 21.5 Å². The first-order valence-corrected chi connectivity index (χ1v) is 6.87. The van der Waals surface area contributed by atoms with Crippen LogP contribution in [0.5, 0.6) is 11.5 Å². The summed E-state index contributed by atoms with van der Waals surface area (Å²) in [6, 6.07) is 9.55. The highest BCUT2D eigenvalue weighted by Crippen LogP contribution is 2.36. The molecule has 1 heterocycles. The van der Waals surface area contributed by atoms with Crippen LogP contribution >= 0.6 is 11.6 Å². The van der Waals surface area contributed by atoms with E-state index in [4.69, 9.17) is 26.2 Å². The van der Waals surface area contributed by atoms with E-state index < -0.39 is 5.97 Å². The molecular formula is C16H11ClO5. The summed E-state index contributed by atoms with van der Waals surface area (Å²) in [5.41, 5.74) is 1.04. The number of carbonyl (C=O) groups excluding carboxylic acids is 1. The number of aliphatic carboxylic acids is 1. The van der Waals surface area contributed by atoms with Crippen molar-refractivity contribution < 1.29 is 24.2 Å². The second-order valence-electron chi connectivity index (χ2n) is 4.77. The highest BCUT2D eigenvalue weighted by atomic mass is 35.5. The van der Waals surface area contributed by atoms with Gasteiger partial charge in [0.15, 0.2) is 17.3 Å². The van der Waals surface area contributed by atoms with Gasteiger partial charge >= 0.3 is 5.97 Å². The number of ketones is 1. The van der Waals surface area contributed by atoms with Crippen LogP contribution in [0, 0.1) is 0 Å². The van der Waals surface area contributed by atoms with Crippen LogP contribution in [0.15, 0.2) is 36.4 Å². The standard InChI is InChI=1S/C16H11ClO5/c17-11-3-1-2-9(4-11)16(20)12-7-14-13(21-8-22-14)5-10(12)6-15(18)19/h1-5,7H,6,8H2,(H,18,19). The Balaban J connectivity index is 2.08. The predicted molar refractivity (Wildman–Crippen MR) is 78.8 cm³/mol. The highest BCUT2D eigenvalue weighted by Gasteiger charge is 2.22. The lowest BCUT2D eigenvalue weighted by atomic mass is 9.96. The van der Waals surface area contributed by atoms with Gasteiger partial charge < -0.3 is 14.6 Å². The maximum Gasteiger partial charge on any atom is 0.307 e. The normalized spacial score (nSPS) is 12.2. The molecule has 0 spiro atoms. The van der Waals surface area contributed by atoms with Crippen molar-refractivity contribution in [1.29, 1.82) is 0 Å². The molecule has 0 atom stereocenters. The maximum absolute atomic E-state index is 12.7. The Morgan fingerprint density at radius 2 is 1.86 bits per heavy atom. The summed E-state index contributed by atoms with van der Waals surface area (Å²) >= 11 is 5.90. The molecule has 0 fully saturated rings. The Bertz CT molecular complexity index is 769. The third-order valence-electron chi connectivity index (χ3n) is 3.27. The lowest BCUT2D eigenvalue weighted by Crippen LogP contribution is -2.09. The van der Waals surface area contributed by atoms with Gasteiger partial charge in [-0.1, -0.05) is 23.7 Å². The van der Waals surface area contributed by atoms with Crippen LogP contribution in [0.3, 0.4) is 0 Å². The smallest absolute Gasteiger partial charge is 0.307 e. The molecule has 1 aliphatic rings. The molecule has 2 aromatic carbocycles. The number of carbonyl (C=O) groups is 2. The molecule has 22 heavy (non-hydrogen) atoms. The van der Waals surface area contributed by atoms with Crippen molar-refractivity contribution >= 4 is 23.4 Å². The third kappa shape index (κ3) is 2.76. The number of ether oxygens (including phenoxy) is 2. The lowest BCUT2D eigenvalue weighted by Gasteiger charge is -2.09. The summed E-state index contributed by atoms with van der Waals surface area (Å²) in [6.07, 6.45) is -0.279. The molecule has 0 saturated heterocycles. The number of benzene rings is 2. The van der Waals surface area contributed by atoms with Crippen LogP contribution in [-0.2, 0) is 11.2 Å². The quantitative estimate of drug-likeness (QED) is 0.877. The zero-order chi connectivity index (χ0) is 15.7. The van der Waals surface area contributed by atoms with E-state index in [1.807, 2.05) is 0 Å². The Kier molecular flexibility index (Phi) is 3.73. The first kappa shape index (κ1) is 14.4. The summed E-state index contributed by atoms with van der Waals surface area (Å²) in [7, 11) is 0. The molecule has 112 valence electrons. The molecule has 0 bridgehead atoms. The second-order valence-corrected chi connectivity index (χ2v) is 5.21. The van der Waals surface area contributed by atoms with E-state index in [1.165, 1.54) is 12.1 Å². The van der Waals surface area contributed by atoms with Gasteiger partial charge in [-0.3, -0.25) is 9.59 Å². The molecular weight excluding hydrogens is 308 g/mol. The van der Waals surface area contributed by atoms with Crippen LogP contribution in [0.2, 0.25) is 5.02 Å². The lowest BCUT2D eigenvalue weighted by molar-refractivity contribution is -0.136. The molecule has 0 aliphatic carbocycles. The summed E-state index contributed by atoms with van der Waals surface area (Å²) < 4.78 is 10.5. The SMILES string of the molecule is O=C(O)Cc1cc2c(cc1C(=O)c1cccc(Cl)c1)OCO2. The number of hydrogen-bond donors (Lipinski definition) is 1. The van der Waals surface area contributed by atoms with Crippen molar-refractivity contribution in [2.75, 3.05) is 6.79 Å². The predicted octanol–water partition coefficient (Wildman–Crippen LogP) is 2.93. The van der Waals surface area contributed by atoms with Crippen molar-refractivity contribution in [3.05, 3.63) is 58.1 Å². The van der Waals surface area contributed by atoms with E-state index >= 15 is 0 Å². The zero-order valence-electron chi connectivity index (χ0n) is 11.3. The first-order chi connectivity index (χ1) is 10.5. The molecule has 0 amide bonds. The summed E-state index contributed by atoms with van der Waals surface area (Å²) in [6.45, 7) is 0.0522. The molecule has 0 saturated carbocycles. The highest BCUT2D eigenvalue weighted by molar-refractivity contribution is 6.31. The molecule has 1 N–H and O–H groups in total. The van der Waals surface area contributed by atoms with E-state index in [-0.39, 0.29) is 24.6 Å². The topological polar surface area (TPSA) is 72.8 Å². The average molecular weight is 319 g/mol. The summed E-state index contributed by atoms with van der Waals surface area (Å²) in [5.74, 6) is -0.463. The molecule has 5 nitrogen and oxygen atoms in total. The maximum atomic E-state index is 12.7. The average Bonchev–Trinajstić information content (AvgIpc) is 2.92. The van der Waals surface area contributed by atoms with Gasteiger partial charge in [-0.25, -0.2) is 0 Å². The van der Waals surface area contributed by atoms with Gasteiger partial charge in [0, 0.05) is 16.1 Å². The zero-order valence-corrected chi connectivity index (χ0v) is 12.1. The monoisotopic (exact) mass is 318 g/mol. The summed E-state index contributed by atoms with van der Waals surface area (Å²) in [5, 5.41) is 9.47. The molecule has 0 radical (unpaired) electrons. The van der Waals surface area contributed by atoms with E-state index in [9.17, 15) is 9.59 Å². The first-order valence-electron chi connectivity index (χ1n) is 6.49. The second kappa shape index (κ2) is 5.69. The van der Waals surface area contributed by atoms with E-state index in [0.717, 1.165) is 0 Å². The van der Waals surface area contributed by atoms with Gasteiger partial charge in [0.05, 0.1) is 6.42 Å². The molecule has 6 heteroatoms. The minimum Gasteiger partial charge on any atom is -0.481 e. The number of carboxylic acids is 1. The molecule has 0 unspecified atom stereocenters. The fraction of sp³-hybridized carbons (Fsp3) is 0.125. The van der Waals surface area contributed by atoms with E-state index in [0.29, 0.717) is 27.6 Å². The fourth-order valence-corrected chi connectivity index (χ4v) is 2.48. The number of rotatable bonds is 4. The van der Waals surface area contributed by atoms with Gasteiger partial charge in [0.1, 0.15) is 0 Å². The third-order valence-corrected chi connectivity index (χ3v) is 3.51. The van der Waals surface area contributed by atoms with Crippen molar-refractivity contribution in [2.45, 2.75) is 6.42 Å². The molecule has 3 rings (SSSR count). The van der Waals surface area contributed by atoms with Crippen LogP contribution in [0.25, 0.3) is 0 Å². The van der Waals surface area contributed by atoms with Crippen LogP contribution in [-0.4, -0.2) is 23.7 Å². The minimum atomic E-state index is -1.03. The summed E-state index contributed by atoms with van der Waals surface area (Å²) in [4.78, 5) is 23.7. The van der Waals surface area contributed by atoms with Crippen molar-refractivity contribution in [3.8, 4) is 11.5 Å². The number of hydrogen-bond acceptors (Lipinski definition) is 4. The molecule has 1 aliphatic heterocycles. The number of carboxylic acid groups (broad SMARTS) is 1. The Morgan fingerprint density at radius 1 is 1.14 bits per heavy atom. The number of halogens is 1. The Hall–Kier alpha value is -2.53. The largest absolute Gasteiger partial charge is 0.481 e. The minimum absolute atomic E-state index is 0.0522. The van der Waals surface area contributed by atoms with Crippen LogP contribution in [0.4, 0.5) is 0 Å². The van der Waals surface area contributed by atoms with Gasteiger partial charge in [0.2, 0.25) is 6.79 Å². The van der Waals surface area contributed by atoms with Gasteiger partial charge in [-0.2, -0.15) is 0 Å². The molecule has 2 aromatic rings. The van der Waals surface area contributed by atoms with Gasteiger partial charge in [-0.05, 0) is 29.8 Å². The van der Waals surface area contributed by atoms with Crippen molar-refractivity contribution in [3.63, 3.8) is 0 Å². The Morgan fingerprint density at radius 3 is 2.55 bits per heavy atom. The van der Waals surface area contributed by atoms with E-state index in [2.05, 4.69) is 0 Å². The fourth-order valence-electron chi connectivity index (χ4n) is 2.29.